The van der Waals surface area contributed by atoms with Crippen molar-refractivity contribution in [3.63, 3.8) is 0 Å². The molecule has 82 valence electrons. The molecule has 0 bridgehead atoms. The fourth-order valence-corrected chi connectivity index (χ4v) is 2.39. The van der Waals surface area contributed by atoms with Crippen molar-refractivity contribution in [2.45, 2.75) is 18.8 Å². The summed E-state index contributed by atoms with van der Waals surface area (Å²) < 4.78 is 51.0. The van der Waals surface area contributed by atoms with Crippen LogP contribution in [0.25, 0.3) is 0 Å². The van der Waals surface area contributed by atoms with E-state index in [0.29, 0.717) is 0 Å². The van der Waals surface area contributed by atoms with E-state index >= 15 is 0 Å². The Balaban J connectivity index is 4.59. The summed E-state index contributed by atoms with van der Waals surface area (Å²) in [6.07, 6.45) is 4.73. The third-order valence-corrected chi connectivity index (χ3v) is 3.25. The van der Waals surface area contributed by atoms with Gasteiger partial charge in [0.15, 0.2) is 0 Å². The van der Waals surface area contributed by atoms with Crippen LogP contribution in [0.3, 0.4) is 0 Å². The maximum atomic E-state index is 11.1. The molecule has 0 aliphatic carbocycles. The molecule has 0 aliphatic heterocycles. The van der Waals surface area contributed by atoms with Gasteiger partial charge in [0, 0.05) is 0 Å². The van der Waals surface area contributed by atoms with Gasteiger partial charge in [0.2, 0.25) is 5.44 Å². The Morgan fingerprint density at radius 1 is 1.50 bits per heavy atom. The average molecular weight is 242 g/mol. The van der Waals surface area contributed by atoms with Gasteiger partial charge in [0.25, 0.3) is 21.1 Å². The van der Waals surface area contributed by atoms with Crippen LogP contribution in [-0.2, 0) is 29.5 Å². The first-order chi connectivity index (χ1) is 6.44. The summed E-state index contributed by atoms with van der Waals surface area (Å²) >= 11 is 0. The predicted molar refractivity (Wildman–Crippen MR) is 49.2 cm³/mol. The normalized spacial score (nSPS) is 13.8. The summed E-state index contributed by atoms with van der Waals surface area (Å²) in [5.41, 5.74) is -1.53. The molecule has 0 aromatic heterocycles. The minimum absolute atomic E-state index is 0.0454. The van der Waals surface area contributed by atoms with Crippen LogP contribution in [0.1, 0.15) is 13.3 Å². The zero-order valence-corrected chi connectivity index (χ0v) is 9.08. The molecule has 0 aromatic carbocycles. The molecule has 1 atom stereocenters. The van der Waals surface area contributed by atoms with Gasteiger partial charge >= 0.3 is 0 Å². The van der Waals surface area contributed by atoms with Crippen LogP contribution in [0.2, 0.25) is 0 Å². The maximum Gasteiger partial charge on any atom is 0.297 e. The maximum absolute atomic E-state index is 11.1. The highest BCUT2D eigenvalue weighted by atomic mass is 32.2. The van der Waals surface area contributed by atoms with Gasteiger partial charge in [-0.3, -0.25) is 4.18 Å². The van der Waals surface area contributed by atoms with Gasteiger partial charge < -0.3 is 0 Å². The molecular formula is C6H10O6S2. The SMILES string of the molecule is C#CCOS(=O)(=O)C(CC)O[SH](=O)=O. The molecule has 1 unspecified atom stereocenters. The molecule has 0 aromatic rings. The van der Waals surface area contributed by atoms with Crippen molar-refractivity contribution in [2.24, 2.45) is 0 Å². The van der Waals surface area contributed by atoms with Crippen LogP contribution in [0, 0.1) is 12.3 Å². The Morgan fingerprint density at radius 2 is 2.07 bits per heavy atom. The highest BCUT2D eigenvalue weighted by molar-refractivity contribution is 7.87. The van der Waals surface area contributed by atoms with Crippen LogP contribution >= 0.6 is 0 Å². The Morgan fingerprint density at radius 3 is 2.43 bits per heavy atom. The summed E-state index contributed by atoms with van der Waals surface area (Å²) in [5, 5.41) is 0. The van der Waals surface area contributed by atoms with Crippen molar-refractivity contribution >= 4 is 21.1 Å². The minimum Gasteiger partial charge on any atom is -0.255 e. The molecule has 0 saturated carbocycles. The monoisotopic (exact) mass is 242 g/mol. The highest BCUT2D eigenvalue weighted by Gasteiger charge is 2.26. The van der Waals surface area contributed by atoms with E-state index in [4.69, 9.17) is 6.42 Å². The van der Waals surface area contributed by atoms with E-state index in [1.807, 2.05) is 5.92 Å². The van der Waals surface area contributed by atoms with Crippen molar-refractivity contribution in [3.8, 4) is 12.3 Å². The first-order valence-electron chi connectivity index (χ1n) is 3.57. The molecule has 8 heteroatoms. The molecule has 0 fully saturated rings. The summed E-state index contributed by atoms with van der Waals surface area (Å²) in [5.74, 6) is 1.95. The average Bonchev–Trinajstić information content (AvgIpc) is 2.10. The lowest BCUT2D eigenvalue weighted by atomic mass is 10.5. The topological polar surface area (TPSA) is 86.7 Å². The van der Waals surface area contributed by atoms with E-state index < -0.39 is 33.1 Å². The molecule has 0 spiro atoms. The molecule has 0 radical (unpaired) electrons. The summed E-state index contributed by atoms with van der Waals surface area (Å²) in [6.45, 7) is 0.998. The van der Waals surface area contributed by atoms with Gasteiger partial charge in [-0.2, -0.15) is 8.42 Å². The molecular weight excluding hydrogens is 232 g/mol. The van der Waals surface area contributed by atoms with Crippen LogP contribution in [0.4, 0.5) is 0 Å². The van der Waals surface area contributed by atoms with Gasteiger partial charge in [-0.15, -0.1) is 6.42 Å². The summed E-state index contributed by atoms with van der Waals surface area (Å²) in [4.78, 5) is 0. The van der Waals surface area contributed by atoms with Gasteiger partial charge in [-0.1, -0.05) is 12.8 Å². The first kappa shape index (κ1) is 13.4. The van der Waals surface area contributed by atoms with E-state index in [-0.39, 0.29) is 6.42 Å². The molecule has 0 aliphatic rings. The van der Waals surface area contributed by atoms with Crippen molar-refractivity contribution in [2.75, 3.05) is 6.61 Å². The minimum atomic E-state index is -4.08. The third-order valence-electron chi connectivity index (χ3n) is 1.17. The summed E-state index contributed by atoms with van der Waals surface area (Å²) in [7, 11) is -7.31. The van der Waals surface area contributed by atoms with Crippen LogP contribution in [0.15, 0.2) is 0 Å². The van der Waals surface area contributed by atoms with Crippen molar-refractivity contribution < 1.29 is 25.2 Å². The van der Waals surface area contributed by atoms with E-state index in [9.17, 15) is 16.8 Å². The highest BCUT2D eigenvalue weighted by Crippen LogP contribution is 2.09. The second kappa shape index (κ2) is 5.98. The second-order valence-electron chi connectivity index (χ2n) is 2.13. The Kier molecular flexibility index (Phi) is 5.71. The molecule has 0 amide bonds. The van der Waals surface area contributed by atoms with E-state index in [1.165, 1.54) is 6.92 Å². The van der Waals surface area contributed by atoms with E-state index in [1.54, 1.807) is 0 Å². The molecule has 14 heavy (non-hydrogen) atoms. The fourth-order valence-electron chi connectivity index (χ4n) is 0.619. The van der Waals surface area contributed by atoms with Gasteiger partial charge in [-0.05, 0) is 6.42 Å². The molecule has 0 heterocycles. The van der Waals surface area contributed by atoms with Crippen molar-refractivity contribution in [1.82, 2.24) is 0 Å². The van der Waals surface area contributed by atoms with Crippen LogP contribution in [0.5, 0.6) is 0 Å². The predicted octanol–water partition coefficient (Wildman–Crippen LogP) is -0.755. The van der Waals surface area contributed by atoms with Crippen molar-refractivity contribution in [1.29, 1.82) is 0 Å². The quantitative estimate of drug-likeness (QED) is 0.374. The molecule has 6 nitrogen and oxygen atoms in total. The largest absolute Gasteiger partial charge is 0.297 e. The molecule has 0 N–H and O–H groups in total. The lowest BCUT2D eigenvalue weighted by molar-refractivity contribution is 0.249. The summed E-state index contributed by atoms with van der Waals surface area (Å²) in [6, 6.07) is 0. The number of terminal acetylenes is 1. The van der Waals surface area contributed by atoms with Crippen LogP contribution < -0.4 is 0 Å². The van der Waals surface area contributed by atoms with Gasteiger partial charge in [0.05, 0.1) is 0 Å². The first-order valence-corrected chi connectivity index (χ1v) is 6.13. The van der Waals surface area contributed by atoms with Gasteiger partial charge in [0.1, 0.15) is 6.61 Å². The smallest absolute Gasteiger partial charge is 0.255 e. The standard InChI is InChI=1S/C6H10O6S2/c1-3-5-11-14(9,10)6(4-2)12-13(7)8/h1,6,13H,4-5H2,2H3. The second-order valence-corrected chi connectivity index (χ2v) is 4.53. The molecule has 0 saturated heterocycles. The van der Waals surface area contributed by atoms with E-state index in [2.05, 4.69) is 8.37 Å². The zero-order valence-electron chi connectivity index (χ0n) is 7.37. The number of thiol groups is 1. The molecule has 0 rings (SSSR count). The van der Waals surface area contributed by atoms with Gasteiger partial charge in [-0.25, -0.2) is 12.6 Å². The number of rotatable bonds is 6. The number of hydrogen-bond donors (Lipinski definition) is 1. The third kappa shape index (κ3) is 4.57. The Hall–Kier alpha value is -0.620. The fraction of sp³-hybridized carbons (Fsp3) is 0.667. The van der Waals surface area contributed by atoms with Crippen molar-refractivity contribution in [3.05, 3.63) is 0 Å². The van der Waals surface area contributed by atoms with E-state index in [0.717, 1.165) is 0 Å². The lowest BCUT2D eigenvalue weighted by Crippen LogP contribution is -2.25. The Labute approximate surface area is 84.5 Å². The van der Waals surface area contributed by atoms with Crippen LogP contribution in [-0.4, -0.2) is 28.9 Å². The Bertz CT molecular complexity index is 366. The lowest BCUT2D eigenvalue weighted by Gasteiger charge is -2.10. The zero-order chi connectivity index (χ0) is 11.2. The number of hydrogen-bond acceptors (Lipinski definition) is 6.